The van der Waals surface area contributed by atoms with Crippen LogP contribution in [0.5, 0.6) is 5.75 Å². The molecule has 2 nitrogen and oxygen atoms in total. The molecule has 104 valence electrons. The van der Waals surface area contributed by atoms with Crippen LogP contribution in [-0.2, 0) is 5.41 Å². The second kappa shape index (κ2) is 5.36. The summed E-state index contributed by atoms with van der Waals surface area (Å²) in [6.07, 6.45) is 5.44. The summed E-state index contributed by atoms with van der Waals surface area (Å²) in [6, 6.07) is 5.45. The van der Waals surface area contributed by atoms with E-state index in [1.807, 2.05) is 12.1 Å². The quantitative estimate of drug-likeness (QED) is 0.797. The fraction of sp³-hybridized carbons (Fsp3) is 0.588. The molecule has 2 rings (SSSR count). The first-order chi connectivity index (χ1) is 8.89. The predicted molar refractivity (Wildman–Crippen MR) is 77.7 cm³/mol. The lowest BCUT2D eigenvalue weighted by atomic mass is 9.81. The van der Waals surface area contributed by atoms with E-state index in [1.165, 1.54) is 6.42 Å². The topological polar surface area (TPSA) is 37.3 Å². The number of rotatable bonds is 2. The Hall–Kier alpha value is -1.31. The first-order valence-corrected chi connectivity index (χ1v) is 7.27. The molecule has 0 spiro atoms. The van der Waals surface area contributed by atoms with Crippen molar-refractivity contribution in [3.63, 3.8) is 0 Å². The van der Waals surface area contributed by atoms with Crippen molar-refractivity contribution in [3.05, 3.63) is 29.3 Å². The Morgan fingerprint density at radius 3 is 2.37 bits per heavy atom. The summed E-state index contributed by atoms with van der Waals surface area (Å²) in [5, 5.41) is 9.98. The Morgan fingerprint density at radius 2 is 1.79 bits per heavy atom. The Kier molecular flexibility index (Phi) is 3.98. The molecular formula is C17H24O2. The van der Waals surface area contributed by atoms with Gasteiger partial charge < -0.3 is 5.11 Å². The summed E-state index contributed by atoms with van der Waals surface area (Å²) < 4.78 is 0. The number of carbonyl (C=O) groups excluding carboxylic acids is 1. The molecule has 1 N–H and O–H groups in total. The zero-order valence-corrected chi connectivity index (χ0v) is 12.2. The van der Waals surface area contributed by atoms with E-state index in [0.717, 1.165) is 31.2 Å². The van der Waals surface area contributed by atoms with Gasteiger partial charge in [-0.1, -0.05) is 46.1 Å². The SMILES string of the molecule is CC(C)(C)c1ccc(O)c(C(=O)C2CCCCC2)c1. The minimum Gasteiger partial charge on any atom is -0.507 e. The number of carbonyl (C=O) groups is 1. The lowest BCUT2D eigenvalue weighted by Crippen LogP contribution is -2.19. The summed E-state index contributed by atoms with van der Waals surface area (Å²) in [5.74, 6) is 0.363. The van der Waals surface area contributed by atoms with Crippen LogP contribution in [0.1, 0.15) is 68.8 Å². The summed E-state index contributed by atoms with van der Waals surface area (Å²) >= 11 is 0. The van der Waals surface area contributed by atoms with Gasteiger partial charge in [0.15, 0.2) is 5.78 Å². The smallest absolute Gasteiger partial charge is 0.169 e. The highest BCUT2D eigenvalue weighted by molar-refractivity contribution is 6.00. The molecule has 1 aliphatic rings. The number of Topliss-reactive ketones (excluding diaryl/α,β-unsaturated/α-hetero) is 1. The molecule has 0 saturated heterocycles. The number of hydrogen-bond acceptors (Lipinski definition) is 2. The minimum atomic E-state index is -0.00467. The number of ketones is 1. The maximum atomic E-state index is 12.5. The van der Waals surface area contributed by atoms with Gasteiger partial charge >= 0.3 is 0 Å². The molecule has 0 heterocycles. The van der Waals surface area contributed by atoms with Gasteiger partial charge in [-0.3, -0.25) is 4.79 Å². The molecule has 1 saturated carbocycles. The largest absolute Gasteiger partial charge is 0.507 e. The highest BCUT2D eigenvalue weighted by atomic mass is 16.3. The molecule has 19 heavy (non-hydrogen) atoms. The first-order valence-electron chi connectivity index (χ1n) is 7.27. The molecule has 0 aromatic heterocycles. The molecule has 1 aliphatic carbocycles. The van der Waals surface area contributed by atoms with Crippen LogP contribution in [-0.4, -0.2) is 10.9 Å². The summed E-state index contributed by atoms with van der Waals surface area (Å²) in [7, 11) is 0. The van der Waals surface area contributed by atoms with E-state index in [-0.39, 0.29) is 22.9 Å². The molecule has 0 bridgehead atoms. The molecule has 0 atom stereocenters. The second-order valence-corrected chi connectivity index (χ2v) is 6.68. The molecule has 0 unspecified atom stereocenters. The van der Waals surface area contributed by atoms with Crippen LogP contribution < -0.4 is 0 Å². The Labute approximate surface area is 115 Å². The number of phenolic OH excluding ortho intramolecular Hbond substituents is 1. The number of benzene rings is 1. The minimum absolute atomic E-state index is 0.00467. The van der Waals surface area contributed by atoms with Crippen LogP contribution in [0, 0.1) is 5.92 Å². The standard InChI is InChI=1S/C17H24O2/c1-17(2,3)13-9-10-15(18)14(11-13)16(19)12-7-5-4-6-8-12/h9-12,18H,4-8H2,1-3H3. The van der Waals surface area contributed by atoms with Crippen molar-refractivity contribution >= 4 is 5.78 Å². The van der Waals surface area contributed by atoms with Crippen LogP contribution in [0.3, 0.4) is 0 Å². The van der Waals surface area contributed by atoms with Gasteiger partial charge in [0.05, 0.1) is 5.56 Å². The number of aromatic hydroxyl groups is 1. The van der Waals surface area contributed by atoms with Gasteiger partial charge in [0.2, 0.25) is 0 Å². The molecule has 0 aliphatic heterocycles. The Morgan fingerprint density at radius 1 is 1.16 bits per heavy atom. The lowest BCUT2D eigenvalue weighted by molar-refractivity contribution is 0.0886. The van der Waals surface area contributed by atoms with Gasteiger partial charge in [-0.25, -0.2) is 0 Å². The molecule has 0 radical (unpaired) electrons. The van der Waals surface area contributed by atoms with Gasteiger partial charge in [0.25, 0.3) is 0 Å². The van der Waals surface area contributed by atoms with Crippen LogP contribution in [0.2, 0.25) is 0 Å². The highest BCUT2D eigenvalue weighted by Crippen LogP contribution is 2.32. The average molecular weight is 260 g/mol. The first kappa shape index (κ1) is 14.1. The fourth-order valence-corrected chi connectivity index (χ4v) is 2.78. The highest BCUT2D eigenvalue weighted by Gasteiger charge is 2.25. The Balaban J connectivity index is 2.30. The predicted octanol–water partition coefficient (Wildman–Crippen LogP) is 4.45. The van der Waals surface area contributed by atoms with E-state index in [1.54, 1.807) is 6.07 Å². The van der Waals surface area contributed by atoms with Gasteiger partial charge in [-0.2, -0.15) is 0 Å². The van der Waals surface area contributed by atoms with Crippen LogP contribution in [0.15, 0.2) is 18.2 Å². The zero-order chi connectivity index (χ0) is 14.0. The zero-order valence-electron chi connectivity index (χ0n) is 12.2. The van der Waals surface area contributed by atoms with Crippen molar-refractivity contribution in [1.82, 2.24) is 0 Å². The maximum Gasteiger partial charge on any atom is 0.169 e. The van der Waals surface area contributed by atoms with Gasteiger partial charge in [0.1, 0.15) is 5.75 Å². The molecule has 2 heteroatoms. The third-order valence-corrected chi connectivity index (χ3v) is 4.10. The second-order valence-electron chi connectivity index (χ2n) is 6.68. The van der Waals surface area contributed by atoms with Crippen LogP contribution >= 0.6 is 0 Å². The van der Waals surface area contributed by atoms with E-state index in [9.17, 15) is 9.90 Å². The molecule has 1 aromatic rings. The van der Waals surface area contributed by atoms with E-state index in [4.69, 9.17) is 0 Å². The van der Waals surface area contributed by atoms with Gasteiger partial charge in [-0.15, -0.1) is 0 Å². The van der Waals surface area contributed by atoms with Crippen molar-refractivity contribution in [2.24, 2.45) is 5.92 Å². The molecule has 1 aromatic carbocycles. The normalized spacial score (nSPS) is 17.4. The van der Waals surface area contributed by atoms with E-state index in [2.05, 4.69) is 20.8 Å². The van der Waals surface area contributed by atoms with Gasteiger partial charge in [0, 0.05) is 5.92 Å². The van der Waals surface area contributed by atoms with E-state index < -0.39 is 0 Å². The van der Waals surface area contributed by atoms with Crippen molar-refractivity contribution in [1.29, 1.82) is 0 Å². The van der Waals surface area contributed by atoms with E-state index in [0.29, 0.717) is 5.56 Å². The monoisotopic (exact) mass is 260 g/mol. The maximum absolute atomic E-state index is 12.5. The molecule has 1 fully saturated rings. The van der Waals surface area contributed by atoms with Gasteiger partial charge in [-0.05, 0) is 36.0 Å². The summed E-state index contributed by atoms with van der Waals surface area (Å²) in [5.41, 5.74) is 1.61. The lowest BCUT2D eigenvalue weighted by Gasteiger charge is -2.23. The number of phenols is 1. The van der Waals surface area contributed by atoms with Crippen LogP contribution in [0.4, 0.5) is 0 Å². The third-order valence-electron chi connectivity index (χ3n) is 4.10. The Bertz CT molecular complexity index is 463. The molecule has 0 amide bonds. The van der Waals surface area contributed by atoms with Crippen LogP contribution in [0.25, 0.3) is 0 Å². The van der Waals surface area contributed by atoms with E-state index >= 15 is 0 Å². The van der Waals surface area contributed by atoms with Crippen molar-refractivity contribution in [2.75, 3.05) is 0 Å². The molecular weight excluding hydrogens is 236 g/mol. The van der Waals surface area contributed by atoms with Crippen molar-refractivity contribution in [3.8, 4) is 5.75 Å². The number of hydrogen-bond donors (Lipinski definition) is 1. The third kappa shape index (κ3) is 3.17. The van der Waals surface area contributed by atoms with Crippen molar-refractivity contribution in [2.45, 2.75) is 58.3 Å². The summed E-state index contributed by atoms with van der Waals surface area (Å²) in [6.45, 7) is 6.36. The fourth-order valence-electron chi connectivity index (χ4n) is 2.78. The van der Waals surface area contributed by atoms with Crippen molar-refractivity contribution < 1.29 is 9.90 Å². The summed E-state index contributed by atoms with van der Waals surface area (Å²) in [4.78, 5) is 12.5. The average Bonchev–Trinajstić information content (AvgIpc) is 2.38.